The van der Waals surface area contributed by atoms with Gasteiger partial charge in [0.1, 0.15) is 5.82 Å². The lowest BCUT2D eigenvalue weighted by atomic mass is 10.1. The summed E-state index contributed by atoms with van der Waals surface area (Å²) in [5.74, 6) is 1.02. The summed E-state index contributed by atoms with van der Waals surface area (Å²) in [5.41, 5.74) is 6.05. The van der Waals surface area contributed by atoms with Gasteiger partial charge < -0.3 is 16.2 Å². The minimum Gasteiger partial charge on any atom is -0.397 e. The van der Waals surface area contributed by atoms with Crippen LogP contribution in [0, 0.1) is 5.92 Å². The quantitative estimate of drug-likeness (QED) is 0.741. The zero-order valence-electron chi connectivity index (χ0n) is 9.57. The van der Waals surface area contributed by atoms with E-state index in [-0.39, 0.29) is 0 Å². The van der Waals surface area contributed by atoms with Crippen LogP contribution in [-0.4, -0.2) is 22.7 Å². The van der Waals surface area contributed by atoms with Crippen molar-refractivity contribution in [2.24, 2.45) is 5.92 Å². The van der Waals surface area contributed by atoms with E-state index in [0.717, 1.165) is 6.42 Å². The van der Waals surface area contributed by atoms with Crippen molar-refractivity contribution in [2.45, 2.75) is 26.4 Å². The molecule has 1 aromatic heterocycles. The van der Waals surface area contributed by atoms with Gasteiger partial charge >= 0.3 is 0 Å². The number of aromatic nitrogens is 1. The SMILES string of the molecule is CC(C)CC(O)CNc1ncc(N)cc1Cl. The number of hydrogen-bond acceptors (Lipinski definition) is 4. The van der Waals surface area contributed by atoms with Crippen LogP contribution >= 0.6 is 11.6 Å². The molecule has 4 nitrogen and oxygen atoms in total. The first-order valence-electron chi connectivity index (χ1n) is 5.32. The molecule has 90 valence electrons. The fourth-order valence-electron chi connectivity index (χ4n) is 1.42. The summed E-state index contributed by atoms with van der Waals surface area (Å²) in [6.07, 6.45) is 1.89. The number of anilines is 2. The standard InChI is InChI=1S/C11H18ClN3O/c1-7(2)3-9(16)6-15-11-10(12)4-8(13)5-14-11/h4-5,7,9,16H,3,6,13H2,1-2H3,(H,14,15). The third-order valence-corrected chi connectivity index (χ3v) is 2.40. The molecule has 0 saturated carbocycles. The molecule has 0 aliphatic carbocycles. The van der Waals surface area contributed by atoms with Crippen LogP contribution < -0.4 is 11.1 Å². The number of nitrogens with two attached hydrogens (primary N) is 1. The number of aliphatic hydroxyl groups is 1. The van der Waals surface area contributed by atoms with Gasteiger partial charge in [-0.2, -0.15) is 0 Å². The highest BCUT2D eigenvalue weighted by Gasteiger charge is 2.08. The fraction of sp³-hybridized carbons (Fsp3) is 0.545. The van der Waals surface area contributed by atoms with Crippen molar-refractivity contribution in [2.75, 3.05) is 17.6 Å². The Hall–Kier alpha value is -1.00. The minimum atomic E-state index is -0.393. The first-order valence-corrected chi connectivity index (χ1v) is 5.69. The maximum atomic E-state index is 9.67. The molecule has 1 unspecified atom stereocenters. The number of rotatable bonds is 5. The molecule has 16 heavy (non-hydrogen) atoms. The average Bonchev–Trinajstić information content (AvgIpc) is 2.15. The minimum absolute atomic E-state index is 0.393. The fourth-order valence-corrected chi connectivity index (χ4v) is 1.67. The van der Waals surface area contributed by atoms with E-state index in [1.54, 1.807) is 6.07 Å². The summed E-state index contributed by atoms with van der Waals surface area (Å²) >= 11 is 5.93. The number of hydrogen-bond donors (Lipinski definition) is 3. The molecule has 0 aliphatic heterocycles. The summed E-state index contributed by atoms with van der Waals surface area (Å²) in [5, 5.41) is 13.1. The van der Waals surface area contributed by atoms with Gasteiger partial charge in [-0.3, -0.25) is 0 Å². The molecule has 1 heterocycles. The van der Waals surface area contributed by atoms with E-state index in [9.17, 15) is 5.11 Å². The number of pyridine rings is 1. The van der Waals surface area contributed by atoms with Crippen LogP contribution in [0.2, 0.25) is 5.02 Å². The molecule has 1 aromatic rings. The average molecular weight is 244 g/mol. The molecule has 0 radical (unpaired) electrons. The Morgan fingerprint density at radius 1 is 1.56 bits per heavy atom. The molecule has 1 rings (SSSR count). The lowest BCUT2D eigenvalue weighted by molar-refractivity contribution is 0.161. The van der Waals surface area contributed by atoms with Crippen LogP contribution in [0.3, 0.4) is 0 Å². The van der Waals surface area contributed by atoms with Gasteiger partial charge in [0, 0.05) is 6.54 Å². The number of nitrogens with zero attached hydrogens (tertiary/aromatic N) is 1. The summed E-state index contributed by atoms with van der Waals surface area (Å²) in [6.45, 7) is 4.57. The Kier molecular flexibility index (Phi) is 4.83. The predicted octanol–water partition coefficient (Wildman–Crippen LogP) is 2.14. The smallest absolute Gasteiger partial charge is 0.145 e. The van der Waals surface area contributed by atoms with E-state index in [4.69, 9.17) is 17.3 Å². The van der Waals surface area contributed by atoms with E-state index in [0.29, 0.717) is 29.0 Å². The number of nitrogen functional groups attached to an aromatic ring is 1. The van der Waals surface area contributed by atoms with Crippen LogP contribution in [0.5, 0.6) is 0 Å². The van der Waals surface area contributed by atoms with Crippen molar-refractivity contribution in [1.82, 2.24) is 4.98 Å². The lowest BCUT2D eigenvalue weighted by Gasteiger charge is -2.14. The van der Waals surface area contributed by atoms with E-state index >= 15 is 0 Å². The summed E-state index contributed by atoms with van der Waals surface area (Å²) in [6, 6.07) is 1.63. The molecule has 0 aromatic carbocycles. The van der Waals surface area contributed by atoms with Crippen molar-refractivity contribution in [3.8, 4) is 0 Å². The highest BCUT2D eigenvalue weighted by Crippen LogP contribution is 2.21. The molecule has 0 saturated heterocycles. The topological polar surface area (TPSA) is 71.2 Å². The van der Waals surface area contributed by atoms with Crippen LogP contribution in [-0.2, 0) is 0 Å². The molecule has 0 aliphatic rings. The molecular weight excluding hydrogens is 226 g/mol. The van der Waals surface area contributed by atoms with Gasteiger partial charge in [-0.15, -0.1) is 0 Å². The molecule has 5 heteroatoms. The van der Waals surface area contributed by atoms with Gasteiger partial charge in [0.25, 0.3) is 0 Å². The second-order valence-corrected chi connectivity index (χ2v) is 4.67. The first-order chi connectivity index (χ1) is 7.49. The van der Waals surface area contributed by atoms with Gasteiger partial charge in [0.2, 0.25) is 0 Å². The number of aliphatic hydroxyl groups excluding tert-OH is 1. The molecule has 0 amide bonds. The highest BCUT2D eigenvalue weighted by atomic mass is 35.5. The summed E-state index contributed by atoms with van der Waals surface area (Å²) in [7, 11) is 0. The normalized spacial score (nSPS) is 12.8. The van der Waals surface area contributed by atoms with Crippen molar-refractivity contribution < 1.29 is 5.11 Å². The highest BCUT2D eigenvalue weighted by molar-refractivity contribution is 6.33. The second-order valence-electron chi connectivity index (χ2n) is 4.26. The summed E-state index contributed by atoms with van der Waals surface area (Å²) in [4.78, 5) is 4.05. The first kappa shape index (κ1) is 13.1. The monoisotopic (exact) mass is 243 g/mol. The van der Waals surface area contributed by atoms with E-state index in [1.165, 1.54) is 6.20 Å². The molecule has 0 fully saturated rings. The Bertz CT molecular complexity index is 344. The van der Waals surface area contributed by atoms with Crippen LogP contribution in [0.25, 0.3) is 0 Å². The number of nitrogens with one attached hydrogen (secondary N) is 1. The van der Waals surface area contributed by atoms with Gasteiger partial charge in [-0.05, 0) is 18.4 Å². The van der Waals surface area contributed by atoms with Gasteiger partial charge in [-0.1, -0.05) is 25.4 Å². The van der Waals surface area contributed by atoms with Crippen LogP contribution in [0.4, 0.5) is 11.5 Å². The lowest BCUT2D eigenvalue weighted by Crippen LogP contribution is -2.21. The second kappa shape index (κ2) is 5.92. The maximum Gasteiger partial charge on any atom is 0.145 e. The van der Waals surface area contributed by atoms with Gasteiger partial charge in [0.05, 0.1) is 23.0 Å². The van der Waals surface area contributed by atoms with E-state index in [2.05, 4.69) is 24.1 Å². The molecule has 1 atom stereocenters. The number of halogens is 1. The Balaban J connectivity index is 2.48. The largest absolute Gasteiger partial charge is 0.397 e. The Morgan fingerprint density at radius 2 is 2.25 bits per heavy atom. The zero-order valence-corrected chi connectivity index (χ0v) is 10.3. The Labute approximate surface area is 101 Å². The van der Waals surface area contributed by atoms with Gasteiger partial charge in [-0.25, -0.2) is 4.98 Å². The molecule has 4 N–H and O–H groups in total. The summed E-state index contributed by atoms with van der Waals surface area (Å²) < 4.78 is 0. The van der Waals surface area contributed by atoms with E-state index in [1.807, 2.05) is 0 Å². The molecular formula is C11H18ClN3O. The third-order valence-electron chi connectivity index (χ3n) is 2.11. The van der Waals surface area contributed by atoms with Crippen molar-refractivity contribution in [3.63, 3.8) is 0 Å². The molecule has 0 bridgehead atoms. The Morgan fingerprint density at radius 3 is 2.81 bits per heavy atom. The van der Waals surface area contributed by atoms with Crippen molar-refractivity contribution in [3.05, 3.63) is 17.3 Å². The maximum absolute atomic E-state index is 9.67. The van der Waals surface area contributed by atoms with Crippen LogP contribution in [0.1, 0.15) is 20.3 Å². The van der Waals surface area contributed by atoms with Crippen molar-refractivity contribution >= 4 is 23.1 Å². The van der Waals surface area contributed by atoms with Crippen LogP contribution in [0.15, 0.2) is 12.3 Å². The van der Waals surface area contributed by atoms with Gasteiger partial charge in [0.15, 0.2) is 0 Å². The van der Waals surface area contributed by atoms with E-state index < -0.39 is 6.10 Å². The molecule has 0 spiro atoms. The zero-order chi connectivity index (χ0) is 12.1. The predicted molar refractivity (Wildman–Crippen MR) is 67.6 cm³/mol. The third kappa shape index (κ3) is 4.24. The van der Waals surface area contributed by atoms with Crippen molar-refractivity contribution in [1.29, 1.82) is 0 Å².